The molecule has 0 fully saturated rings. The molecular formula is C18H19N3O2. The summed E-state index contributed by atoms with van der Waals surface area (Å²) in [4.78, 5) is 32.8. The minimum absolute atomic E-state index is 0.0626. The molecule has 1 heterocycles. The number of benzene rings is 1. The summed E-state index contributed by atoms with van der Waals surface area (Å²) in [6, 6.07) is 7.28. The Morgan fingerprint density at radius 1 is 1.17 bits per heavy atom. The fraction of sp³-hybridized carbons (Fsp3) is 0.333. The molecule has 1 aromatic carbocycles. The standard InChI is InChI=1S/C18H19N3O2/c1-11-4-6-12(7-5-11)16(23)21-17-19-10-13-14(20-17)8-18(2,3)9-15(13)22/h4-7,10H,8-9H2,1-3H3,(H,19,20,21,23). The molecule has 1 aromatic heterocycles. The van der Waals surface area contributed by atoms with Gasteiger partial charge in [-0.05, 0) is 30.9 Å². The molecule has 2 aromatic rings. The lowest BCUT2D eigenvalue weighted by molar-refractivity contribution is 0.0909. The highest BCUT2D eigenvalue weighted by Crippen LogP contribution is 2.33. The molecule has 0 bridgehead atoms. The Bertz CT molecular complexity index is 779. The van der Waals surface area contributed by atoms with E-state index in [4.69, 9.17) is 0 Å². The van der Waals surface area contributed by atoms with Crippen LogP contribution in [0.25, 0.3) is 0 Å². The molecule has 1 amide bonds. The van der Waals surface area contributed by atoms with E-state index < -0.39 is 0 Å². The van der Waals surface area contributed by atoms with Gasteiger partial charge in [0, 0.05) is 18.2 Å². The molecule has 0 spiro atoms. The van der Waals surface area contributed by atoms with Crippen molar-refractivity contribution in [2.24, 2.45) is 5.41 Å². The van der Waals surface area contributed by atoms with Crippen molar-refractivity contribution < 1.29 is 9.59 Å². The van der Waals surface area contributed by atoms with Gasteiger partial charge in [-0.25, -0.2) is 9.97 Å². The zero-order valence-electron chi connectivity index (χ0n) is 13.5. The number of carbonyl (C=O) groups is 2. The minimum Gasteiger partial charge on any atom is -0.294 e. The fourth-order valence-electron chi connectivity index (χ4n) is 2.77. The Morgan fingerprint density at radius 3 is 2.57 bits per heavy atom. The first-order valence-corrected chi connectivity index (χ1v) is 7.61. The summed E-state index contributed by atoms with van der Waals surface area (Å²) >= 11 is 0. The Labute approximate surface area is 135 Å². The molecule has 0 saturated carbocycles. The smallest absolute Gasteiger partial charge is 0.258 e. The van der Waals surface area contributed by atoms with Crippen LogP contribution in [-0.2, 0) is 6.42 Å². The maximum Gasteiger partial charge on any atom is 0.258 e. The van der Waals surface area contributed by atoms with Gasteiger partial charge in [-0.15, -0.1) is 0 Å². The highest BCUT2D eigenvalue weighted by molar-refractivity contribution is 6.03. The number of carbonyl (C=O) groups excluding carboxylic acids is 2. The van der Waals surface area contributed by atoms with Crippen molar-refractivity contribution in [3.8, 4) is 0 Å². The van der Waals surface area contributed by atoms with E-state index >= 15 is 0 Å². The number of nitrogens with zero attached hydrogens (tertiary/aromatic N) is 2. The molecule has 3 rings (SSSR count). The van der Waals surface area contributed by atoms with Crippen molar-refractivity contribution in [3.63, 3.8) is 0 Å². The van der Waals surface area contributed by atoms with E-state index in [0.717, 1.165) is 5.56 Å². The molecule has 5 heteroatoms. The second-order valence-corrected chi connectivity index (χ2v) is 6.82. The van der Waals surface area contributed by atoms with Gasteiger partial charge in [0.2, 0.25) is 5.95 Å². The summed E-state index contributed by atoms with van der Waals surface area (Å²) in [5, 5.41) is 2.70. The monoisotopic (exact) mass is 309 g/mol. The highest BCUT2D eigenvalue weighted by atomic mass is 16.1. The van der Waals surface area contributed by atoms with Gasteiger partial charge in [0.15, 0.2) is 5.78 Å². The summed E-state index contributed by atoms with van der Waals surface area (Å²) in [6.07, 6.45) is 2.72. The first-order chi connectivity index (χ1) is 10.8. The first kappa shape index (κ1) is 15.3. The van der Waals surface area contributed by atoms with Crippen molar-refractivity contribution in [3.05, 3.63) is 52.8 Å². The van der Waals surface area contributed by atoms with Crippen molar-refractivity contribution >= 4 is 17.6 Å². The number of aryl methyl sites for hydroxylation is 1. The maximum absolute atomic E-state index is 12.2. The zero-order valence-corrected chi connectivity index (χ0v) is 13.5. The predicted octanol–water partition coefficient (Wildman–Crippen LogP) is 3.19. The topological polar surface area (TPSA) is 72.0 Å². The van der Waals surface area contributed by atoms with Gasteiger partial charge >= 0.3 is 0 Å². The van der Waals surface area contributed by atoms with Crippen molar-refractivity contribution in [1.82, 2.24) is 9.97 Å². The van der Waals surface area contributed by atoms with Crippen LogP contribution in [0.1, 0.15) is 52.2 Å². The van der Waals surface area contributed by atoms with E-state index in [-0.39, 0.29) is 23.1 Å². The number of fused-ring (bicyclic) bond motifs is 1. The Hall–Kier alpha value is -2.56. The van der Waals surface area contributed by atoms with Gasteiger partial charge in [0.25, 0.3) is 5.91 Å². The average molecular weight is 309 g/mol. The number of anilines is 1. The fourth-order valence-corrected chi connectivity index (χ4v) is 2.77. The third-order valence-corrected chi connectivity index (χ3v) is 3.99. The summed E-state index contributed by atoms with van der Waals surface area (Å²) in [7, 11) is 0. The molecule has 1 N–H and O–H groups in total. The van der Waals surface area contributed by atoms with Gasteiger partial charge in [-0.2, -0.15) is 0 Å². The molecule has 23 heavy (non-hydrogen) atoms. The minimum atomic E-state index is -0.258. The quantitative estimate of drug-likeness (QED) is 0.924. The van der Waals surface area contributed by atoms with Crippen molar-refractivity contribution in [1.29, 1.82) is 0 Å². The second-order valence-electron chi connectivity index (χ2n) is 6.82. The summed E-state index contributed by atoms with van der Waals surface area (Å²) < 4.78 is 0. The third kappa shape index (κ3) is 3.28. The molecule has 0 saturated heterocycles. The van der Waals surface area contributed by atoms with Crippen molar-refractivity contribution in [2.75, 3.05) is 5.32 Å². The Balaban J connectivity index is 1.83. The zero-order chi connectivity index (χ0) is 16.6. The number of Topliss-reactive ketones (excluding diaryl/α,β-unsaturated/α-hetero) is 1. The van der Waals surface area contributed by atoms with Crippen LogP contribution in [0.5, 0.6) is 0 Å². The van der Waals surface area contributed by atoms with E-state index in [9.17, 15) is 9.59 Å². The lowest BCUT2D eigenvalue weighted by atomic mass is 9.76. The predicted molar refractivity (Wildman–Crippen MR) is 87.6 cm³/mol. The lowest BCUT2D eigenvalue weighted by Crippen LogP contribution is -2.28. The molecule has 5 nitrogen and oxygen atoms in total. The summed E-state index contributed by atoms with van der Waals surface area (Å²) in [6.45, 7) is 6.05. The first-order valence-electron chi connectivity index (χ1n) is 7.61. The highest BCUT2D eigenvalue weighted by Gasteiger charge is 2.32. The van der Waals surface area contributed by atoms with Crippen LogP contribution in [0.4, 0.5) is 5.95 Å². The normalized spacial score (nSPS) is 15.9. The van der Waals surface area contributed by atoms with E-state index in [1.807, 2.05) is 32.9 Å². The molecule has 0 unspecified atom stereocenters. The molecular weight excluding hydrogens is 290 g/mol. The molecule has 0 aliphatic heterocycles. The van der Waals surface area contributed by atoms with Gasteiger partial charge in [0.05, 0.1) is 11.3 Å². The van der Waals surface area contributed by atoms with Crippen LogP contribution in [0.2, 0.25) is 0 Å². The largest absolute Gasteiger partial charge is 0.294 e. The van der Waals surface area contributed by atoms with Gasteiger partial charge in [-0.3, -0.25) is 14.9 Å². The maximum atomic E-state index is 12.2. The molecule has 1 aliphatic carbocycles. The second kappa shape index (κ2) is 5.57. The molecule has 118 valence electrons. The van der Waals surface area contributed by atoms with Crippen LogP contribution < -0.4 is 5.32 Å². The number of aromatic nitrogens is 2. The van der Waals surface area contributed by atoms with Crippen LogP contribution in [-0.4, -0.2) is 21.7 Å². The van der Waals surface area contributed by atoms with E-state index in [1.165, 1.54) is 6.20 Å². The van der Waals surface area contributed by atoms with Gasteiger partial charge in [0.1, 0.15) is 0 Å². The van der Waals surface area contributed by atoms with Crippen LogP contribution >= 0.6 is 0 Å². The van der Waals surface area contributed by atoms with Gasteiger partial charge < -0.3 is 0 Å². The van der Waals surface area contributed by atoms with E-state index in [0.29, 0.717) is 29.7 Å². The van der Waals surface area contributed by atoms with E-state index in [1.54, 1.807) is 12.1 Å². The third-order valence-electron chi connectivity index (χ3n) is 3.99. The van der Waals surface area contributed by atoms with Gasteiger partial charge in [-0.1, -0.05) is 31.5 Å². The van der Waals surface area contributed by atoms with Crippen molar-refractivity contribution in [2.45, 2.75) is 33.6 Å². The molecule has 1 aliphatic rings. The van der Waals surface area contributed by atoms with Crippen LogP contribution in [0.15, 0.2) is 30.5 Å². The molecule has 0 atom stereocenters. The lowest BCUT2D eigenvalue weighted by Gasteiger charge is -2.29. The van der Waals surface area contributed by atoms with Crippen LogP contribution in [0, 0.1) is 12.3 Å². The van der Waals surface area contributed by atoms with E-state index in [2.05, 4.69) is 15.3 Å². The number of hydrogen-bond acceptors (Lipinski definition) is 4. The van der Waals surface area contributed by atoms with Crippen LogP contribution in [0.3, 0.4) is 0 Å². The average Bonchev–Trinajstić information content (AvgIpc) is 2.46. The number of hydrogen-bond donors (Lipinski definition) is 1. The number of amides is 1. The SMILES string of the molecule is Cc1ccc(C(=O)Nc2ncc3c(n2)CC(C)(C)CC3=O)cc1. The Kier molecular flexibility index (Phi) is 3.72. The number of nitrogens with one attached hydrogen (secondary N) is 1. The Morgan fingerprint density at radius 2 is 1.87 bits per heavy atom. The number of ketones is 1. The molecule has 0 radical (unpaired) electrons. The number of rotatable bonds is 2. The summed E-state index contributed by atoms with van der Waals surface area (Å²) in [5.41, 5.74) is 2.80. The summed E-state index contributed by atoms with van der Waals surface area (Å²) in [5.74, 6) is 0.0406.